The molecule has 2 N–H and O–H groups in total. The van der Waals surface area contributed by atoms with E-state index in [-0.39, 0.29) is 6.04 Å². The van der Waals surface area contributed by atoms with Crippen molar-refractivity contribution in [2.45, 2.75) is 19.0 Å². The van der Waals surface area contributed by atoms with Gasteiger partial charge in [-0.3, -0.25) is 4.90 Å². The second kappa shape index (κ2) is 3.52. The molecule has 0 aliphatic carbocycles. The average Bonchev–Trinajstić information content (AvgIpc) is 1.94. The molecular weight excluding hydrogens is 138 g/mol. The Morgan fingerprint density at radius 2 is 2.00 bits per heavy atom. The normalized spacial score (nSPS) is 32.2. The van der Waals surface area contributed by atoms with Crippen LogP contribution in [0.4, 0.5) is 0 Å². The first-order valence-electron chi connectivity index (χ1n) is 4.25. The highest BCUT2D eigenvalue weighted by Crippen LogP contribution is 2.07. The monoisotopic (exact) mass is 157 g/mol. The van der Waals surface area contributed by atoms with Gasteiger partial charge < -0.3 is 10.6 Å². The van der Waals surface area contributed by atoms with Crippen molar-refractivity contribution in [1.82, 2.24) is 9.80 Å². The highest BCUT2D eigenvalue weighted by molar-refractivity contribution is 4.84. The van der Waals surface area contributed by atoms with Crippen LogP contribution in [0.3, 0.4) is 0 Å². The molecule has 0 saturated carbocycles. The van der Waals surface area contributed by atoms with Crippen LogP contribution < -0.4 is 5.73 Å². The van der Waals surface area contributed by atoms with E-state index in [4.69, 9.17) is 5.73 Å². The molecular formula is C8H19N3. The summed E-state index contributed by atoms with van der Waals surface area (Å²) in [4.78, 5) is 4.69. The molecule has 3 heteroatoms. The zero-order chi connectivity index (χ0) is 8.43. The van der Waals surface area contributed by atoms with Gasteiger partial charge in [0, 0.05) is 31.7 Å². The third kappa shape index (κ3) is 2.15. The van der Waals surface area contributed by atoms with Gasteiger partial charge in [-0.05, 0) is 21.0 Å². The van der Waals surface area contributed by atoms with Gasteiger partial charge in [0.2, 0.25) is 0 Å². The van der Waals surface area contributed by atoms with E-state index in [2.05, 4.69) is 30.8 Å². The van der Waals surface area contributed by atoms with Crippen molar-refractivity contribution >= 4 is 0 Å². The molecule has 0 aromatic heterocycles. The fraction of sp³-hybridized carbons (Fsp3) is 1.00. The molecule has 0 bridgehead atoms. The third-order valence-electron chi connectivity index (χ3n) is 2.51. The van der Waals surface area contributed by atoms with Crippen LogP contribution in [-0.4, -0.2) is 55.6 Å². The molecule has 11 heavy (non-hydrogen) atoms. The van der Waals surface area contributed by atoms with Gasteiger partial charge in [-0.2, -0.15) is 0 Å². The number of hydrogen-bond donors (Lipinski definition) is 1. The van der Waals surface area contributed by atoms with E-state index in [9.17, 15) is 0 Å². The Kier molecular flexibility index (Phi) is 2.87. The summed E-state index contributed by atoms with van der Waals surface area (Å²) in [5, 5.41) is 0. The van der Waals surface area contributed by atoms with E-state index < -0.39 is 0 Å². The highest BCUT2D eigenvalue weighted by Gasteiger charge is 2.24. The van der Waals surface area contributed by atoms with Crippen molar-refractivity contribution in [3.63, 3.8) is 0 Å². The molecule has 1 heterocycles. The Balaban J connectivity index is 2.47. The van der Waals surface area contributed by atoms with E-state index in [1.165, 1.54) is 6.54 Å². The molecule has 0 aromatic carbocycles. The van der Waals surface area contributed by atoms with Gasteiger partial charge in [-0.1, -0.05) is 0 Å². The summed E-state index contributed by atoms with van der Waals surface area (Å²) in [5.74, 6) is 0. The Labute approximate surface area is 69.1 Å². The Hall–Kier alpha value is -0.120. The zero-order valence-electron chi connectivity index (χ0n) is 7.75. The third-order valence-corrected chi connectivity index (χ3v) is 2.51. The molecule has 1 saturated heterocycles. The number of hydrogen-bond acceptors (Lipinski definition) is 3. The molecule has 1 aliphatic heterocycles. The average molecular weight is 157 g/mol. The van der Waals surface area contributed by atoms with Crippen LogP contribution in [0.25, 0.3) is 0 Å². The minimum atomic E-state index is 0.280. The zero-order valence-corrected chi connectivity index (χ0v) is 7.75. The van der Waals surface area contributed by atoms with Crippen LogP contribution in [-0.2, 0) is 0 Å². The van der Waals surface area contributed by atoms with Crippen molar-refractivity contribution in [3.05, 3.63) is 0 Å². The number of piperazine rings is 1. The number of nitrogens with two attached hydrogens (primary N) is 1. The lowest BCUT2D eigenvalue weighted by Gasteiger charge is -2.39. The van der Waals surface area contributed by atoms with Gasteiger partial charge in [0.05, 0.1) is 0 Å². The lowest BCUT2D eigenvalue weighted by Crippen LogP contribution is -2.56. The molecule has 2 atom stereocenters. The summed E-state index contributed by atoms with van der Waals surface area (Å²) in [6.45, 7) is 5.50. The van der Waals surface area contributed by atoms with E-state index in [0.29, 0.717) is 6.04 Å². The fourth-order valence-corrected chi connectivity index (χ4v) is 1.61. The van der Waals surface area contributed by atoms with Crippen LogP contribution in [0.2, 0.25) is 0 Å². The summed E-state index contributed by atoms with van der Waals surface area (Å²) in [6, 6.07) is 0.816. The van der Waals surface area contributed by atoms with Gasteiger partial charge in [0.25, 0.3) is 0 Å². The van der Waals surface area contributed by atoms with Crippen molar-refractivity contribution in [3.8, 4) is 0 Å². The highest BCUT2D eigenvalue weighted by atomic mass is 15.3. The maximum absolute atomic E-state index is 5.85. The number of rotatable bonds is 1. The first-order valence-corrected chi connectivity index (χ1v) is 4.25. The Morgan fingerprint density at radius 3 is 2.45 bits per heavy atom. The summed E-state index contributed by atoms with van der Waals surface area (Å²) in [7, 11) is 4.31. The summed E-state index contributed by atoms with van der Waals surface area (Å²) >= 11 is 0. The molecule has 2 unspecified atom stereocenters. The van der Waals surface area contributed by atoms with E-state index in [1.54, 1.807) is 0 Å². The second-order valence-corrected chi connectivity index (χ2v) is 3.67. The predicted molar refractivity (Wildman–Crippen MR) is 47.6 cm³/mol. The van der Waals surface area contributed by atoms with E-state index >= 15 is 0 Å². The maximum Gasteiger partial charge on any atom is 0.0369 e. The van der Waals surface area contributed by atoms with Gasteiger partial charge in [0.15, 0.2) is 0 Å². The Morgan fingerprint density at radius 1 is 1.36 bits per heavy atom. The first kappa shape index (κ1) is 8.97. The van der Waals surface area contributed by atoms with Gasteiger partial charge in [0.1, 0.15) is 0 Å². The number of likely N-dealkylation sites (N-methyl/N-ethyl adjacent to an activating group) is 2. The van der Waals surface area contributed by atoms with Gasteiger partial charge in [-0.25, -0.2) is 0 Å². The predicted octanol–water partition coefficient (Wildman–Crippen LogP) is -0.421. The van der Waals surface area contributed by atoms with Crippen molar-refractivity contribution in [2.75, 3.05) is 33.7 Å². The fourth-order valence-electron chi connectivity index (χ4n) is 1.61. The number of nitrogens with zero attached hydrogens (tertiary/aromatic N) is 2. The lowest BCUT2D eigenvalue weighted by molar-refractivity contribution is 0.101. The minimum absolute atomic E-state index is 0.280. The SMILES string of the molecule is CC(N)C1CN(C)CCN1C. The van der Waals surface area contributed by atoms with Crippen LogP contribution in [0, 0.1) is 0 Å². The van der Waals surface area contributed by atoms with Crippen LogP contribution in [0.1, 0.15) is 6.92 Å². The molecule has 0 aromatic rings. The molecule has 1 rings (SSSR count). The molecule has 3 nitrogen and oxygen atoms in total. The maximum atomic E-state index is 5.85. The quantitative estimate of drug-likeness (QED) is 0.561. The molecule has 0 amide bonds. The largest absolute Gasteiger partial charge is 0.326 e. The van der Waals surface area contributed by atoms with Gasteiger partial charge >= 0.3 is 0 Å². The summed E-state index contributed by atoms with van der Waals surface area (Å²) < 4.78 is 0. The molecule has 1 aliphatic rings. The first-order chi connectivity index (χ1) is 5.11. The molecule has 0 spiro atoms. The molecule has 66 valence electrons. The second-order valence-electron chi connectivity index (χ2n) is 3.67. The lowest BCUT2D eigenvalue weighted by atomic mass is 10.1. The smallest absolute Gasteiger partial charge is 0.0369 e. The van der Waals surface area contributed by atoms with Crippen molar-refractivity contribution in [1.29, 1.82) is 0 Å². The molecule has 0 radical (unpaired) electrons. The van der Waals surface area contributed by atoms with E-state index in [1.807, 2.05) is 0 Å². The van der Waals surface area contributed by atoms with Crippen LogP contribution >= 0.6 is 0 Å². The van der Waals surface area contributed by atoms with Gasteiger partial charge in [-0.15, -0.1) is 0 Å². The van der Waals surface area contributed by atoms with Crippen LogP contribution in [0.15, 0.2) is 0 Å². The summed E-state index contributed by atoms with van der Waals surface area (Å²) in [6.07, 6.45) is 0. The summed E-state index contributed by atoms with van der Waals surface area (Å²) in [5.41, 5.74) is 5.85. The molecule has 1 fully saturated rings. The Bertz CT molecular complexity index is 125. The van der Waals surface area contributed by atoms with Crippen LogP contribution in [0.5, 0.6) is 0 Å². The van der Waals surface area contributed by atoms with Crippen molar-refractivity contribution < 1.29 is 0 Å². The van der Waals surface area contributed by atoms with Crippen molar-refractivity contribution in [2.24, 2.45) is 5.73 Å². The topological polar surface area (TPSA) is 32.5 Å². The minimum Gasteiger partial charge on any atom is -0.326 e. The standard InChI is InChI=1S/C8H19N3/c1-7(9)8-6-10(2)4-5-11(8)3/h7-8H,4-6,9H2,1-3H3. The van der Waals surface area contributed by atoms with E-state index in [0.717, 1.165) is 13.1 Å².